The number of ether oxygens (including phenoxy) is 2. The van der Waals surface area contributed by atoms with Crippen LogP contribution in [0.1, 0.15) is 30.4 Å². The Labute approximate surface area is 178 Å². The maximum atomic E-state index is 12.0. The highest BCUT2D eigenvalue weighted by Crippen LogP contribution is 2.15. The fraction of sp³-hybridized carbons (Fsp3) is 0.417. The molecular formula is C24H30N2O4. The lowest BCUT2D eigenvalue weighted by atomic mass is 9.97. The molecule has 2 N–H and O–H groups in total. The highest BCUT2D eigenvalue weighted by Gasteiger charge is 2.20. The van der Waals surface area contributed by atoms with Gasteiger partial charge in [0.1, 0.15) is 19.0 Å². The van der Waals surface area contributed by atoms with Crippen molar-refractivity contribution in [2.75, 3.05) is 32.8 Å². The van der Waals surface area contributed by atoms with Crippen LogP contribution in [-0.4, -0.2) is 44.7 Å². The van der Waals surface area contributed by atoms with Gasteiger partial charge in [0.2, 0.25) is 5.91 Å². The van der Waals surface area contributed by atoms with Crippen LogP contribution in [0.4, 0.5) is 0 Å². The van der Waals surface area contributed by atoms with Gasteiger partial charge in [-0.15, -0.1) is 0 Å². The van der Waals surface area contributed by atoms with E-state index in [9.17, 15) is 9.59 Å². The Morgan fingerprint density at radius 2 is 1.63 bits per heavy atom. The maximum absolute atomic E-state index is 12.0. The van der Waals surface area contributed by atoms with Crippen LogP contribution < -0.4 is 15.4 Å². The van der Waals surface area contributed by atoms with Crippen molar-refractivity contribution in [1.82, 2.24) is 10.6 Å². The molecule has 1 fully saturated rings. The van der Waals surface area contributed by atoms with E-state index in [0.717, 1.165) is 38.1 Å². The summed E-state index contributed by atoms with van der Waals surface area (Å²) in [6, 6.07) is 18.2. The largest absolute Gasteiger partial charge is 0.490 e. The lowest BCUT2D eigenvalue weighted by Crippen LogP contribution is -2.38. The molecular weight excluding hydrogens is 380 g/mol. The third kappa shape index (κ3) is 7.52. The molecule has 2 aromatic rings. The quantitative estimate of drug-likeness (QED) is 0.465. The molecule has 1 amide bonds. The lowest BCUT2D eigenvalue weighted by molar-refractivity contribution is -0.144. The van der Waals surface area contributed by atoms with Crippen LogP contribution in [-0.2, 0) is 20.7 Å². The third-order valence-electron chi connectivity index (χ3n) is 5.13. The van der Waals surface area contributed by atoms with E-state index in [2.05, 4.69) is 22.8 Å². The first-order valence-electron chi connectivity index (χ1n) is 10.6. The Bertz CT molecular complexity index is 787. The predicted molar refractivity (Wildman–Crippen MR) is 115 cm³/mol. The van der Waals surface area contributed by atoms with E-state index in [1.807, 2.05) is 42.5 Å². The van der Waals surface area contributed by atoms with Gasteiger partial charge in [-0.1, -0.05) is 42.5 Å². The van der Waals surface area contributed by atoms with Gasteiger partial charge in [0, 0.05) is 12.5 Å². The van der Waals surface area contributed by atoms with Gasteiger partial charge >= 0.3 is 5.97 Å². The van der Waals surface area contributed by atoms with Crippen LogP contribution in [0.25, 0.3) is 0 Å². The van der Waals surface area contributed by atoms with Gasteiger partial charge < -0.3 is 20.1 Å². The van der Waals surface area contributed by atoms with Crippen LogP contribution in [0.15, 0.2) is 54.6 Å². The molecule has 0 aliphatic carbocycles. The van der Waals surface area contributed by atoms with Crippen molar-refractivity contribution >= 4 is 11.9 Å². The van der Waals surface area contributed by atoms with Crippen LogP contribution in [0.5, 0.6) is 5.75 Å². The summed E-state index contributed by atoms with van der Waals surface area (Å²) in [6.45, 7) is 2.54. The molecule has 1 saturated heterocycles. The monoisotopic (exact) mass is 410 g/mol. The highest BCUT2D eigenvalue weighted by molar-refractivity contribution is 5.79. The number of esters is 1. The number of hydrogen-bond acceptors (Lipinski definition) is 5. The summed E-state index contributed by atoms with van der Waals surface area (Å²) in [5.74, 6) is 0.498. The first-order valence-corrected chi connectivity index (χ1v) is 10.6. The Morgan fingerprint density at radius 3 is 2.37 bits per heavy atom. The number of piperidine rings is 1. The molecule has 1 aliphatic heterocycles. The van der Waals surface area contributed by atoms with E-state index in [1.54, 1.807) is 0 Å². The third-order valence-corrected chi connectivity index (χ3v) is 5.13. The zero-order valence-electron chi connectivity index (χ0n) is 17.3. The van der Waals surface area contributed by atoms with Gasteiger partial charge in [0.05, 0.1) is 6.42 Å². The van der Waals surface area contributed by atoms with Crippen molar-refractivity contribution in [3.63, 3.8) is 0 Å². The standard InChI is InChI=1S/C24H30N2O4/c27-23(12-15-26-24(28)21-10-13-25-14-11-21)30-17-16-29-22-8-6-20(7-9-22)18-19-4-2-1-3-5-19/h1-9,21,25H,10-18H2,(H,26,28). The maximum Gasteiger partial charge on any atom is 0.307 e. The number of hydrogen-bond donors (Lipinski definition) is 2. The van der Waals surface area contributed by atoms with Crippen LogP contribution in [0, 0.1) is 5.92 Å². The number of carbonyl (C=O) groups is 2. The molecule has 6 heteroatoms. The first-order chi connectivity index (χ1) is 14.7. The number of nitrogens with one attached hydrogen (secondary N) is 2. The summed E-state index contributed by atoms with van der Waals surface area (Å²) < 4.78 is 10.8. The van der Waals surface area contributed by atoms with Gasteiger partial charge in [-0.25, -0.2) is 0 Å². The van der Waals surface area contributed by atoms with E-state index in [1.165, 1.54) is 11.1 Å². The Morgan fingerprint density at radius 1 is 0.933 bits per heavy atom. The molecule has 1 heterocycles. The number of amides is 1. The molecule has 1 aliphatic rings. The average Bonchev–Trinajstić information content (AvgIpc) is 2.79. The SMILES string of the molecule is O=C(CCNC(=O)C1CCNCC1)OCCOc1ccc(Cc2ccccc2)cc1. The number of rotatable bonds is 10. The normalized spacial score (nSPS) is 14.1. The minimum Gasteiger partial charge on any atom is -0.490 e. The second-order valence-electron chi connectivity index (χ2n) is 7.44. The number of benzene rings is 2. The van der Waals surface area contributed by atoms with Gasteiger partial charge in [0.25, 0.3) is 0 Å². The van der Waals surface area contributed by atoms with E-state index in [-0.39, 0.29) is 30.8 Å². The molecule has 0 spiro atoms. The smallest absolute Gasteiger partial charge is 0.307 e. The molecule has 0 aromatic heterocycles. The molecule has 0 atom stereocenters. The molecule has 0 saturated carbocycles. The summed E-state index contributed by atoms with van der Waals surface area (Å²) in [5.41, 5.74) is 2.48. The first kappa shape index (κ1) is 21.8. The molecule has 2 aromatic carbocycles. The lowest BCUT2D eigenvalue weighted by Gasteiger charge is -2.21. The average molecular weight is 411 g/mol. The van der Waals surface area contributed by atoms with Crippen molar-refractivity contribution in [3.8, 4) is 5.75 Å². The van der Waals surface area contributed by atoms with E-state index >= 15 is 0 Å². The van der Waals surface area contributed by atoms with Crippen molar-refractivity contribution in [2.45, 2.75) is 25.7 Å². The molecule has 0 bridgehead atoms. The fourth-order valence-electron chi connectivity index (χ4n) is 3.44. The van der Waals surface area contributed by atoms with Gasteiger partial charge in [-0.3, -0.25) is 9.59 Å². The molecule has 30 heavy (non-hydrogen) atoms. The molecule has 0 radical (unpaired) electrons. The van der Waals surface area contributed by atoms with Crippen molar-refractivity contribution in [3.05, 3.63) is 65.7 Å². The summed E-state index contributed by atoms with van der Waals surface area (Å²) in [5, 5.41) is 6.05. The summed E-state index contributed by atoms with van der Waals surface area (Å²) >= 11 is 0. The fourth-order valence-corrected chi connectivity index (χ4v) is 3.44. The van der Waals surface area contributed by atoms with Crippen molar-refractivity contribution < 1.29 is 19.1 Å². The minimum absolute atomic E-state index is 0.0309. The molecule has 3 rings (SSSR count). The van der Waals surface area contributed by atoms with E-state index in [4.69, 9.17) is 9.47 Å². The van der Waals surface area contributed by atoms with Gasteiger partial charge in [-0.2, -0.15) is 0 Å². The zero-order chi connectivity index (χ0) is 21.0. The van der Waals surface area contributed by atoms with Crippen LogP contribution in [0.3, 0.4) is 0 Å². The predicted octanol–water partition coefficient (Wildman–Crippen LogP) is 2.71. The van der Waals surface area contributed by atoms with Gasteiger partial charge in [-0.05, 0) is 55.6 Å². The topological polar surface area (TPSA) is 76.7 Å². The Kier molecular flexibility index (Phi) is 8.72. The Hall–Kier alpha value is -2.86. The summed E-state index contributed by atoms with van der Waals surface area (Å²) in [7, 11) is 0. The second kappa shape index (κ2) is 12.0. The van der Waals surface area contributed by atoms with E-state index < -0.39 is 0 Å². The zero-order valence-corrected chi connectivity index (χ0v) is 17.3. The minimum atomic E-state index is -0.331. The Balaban J connectivity index is 1.26. The van der Waals surface area contributed by atoms with Crippen molar-refractivity contribution in [2.24, 2.45) is 5.92 Å². The molecule has 160 valence electrons. The van der Waals surface area contributed by atoms with E-state index in [0.29, 0.717) is 13.2 Å². The summed E-state index contributed by atoms with van der Waals surface area (Å²) in [6.07, 6.45) is 2.75. The van der Waals surface area contributed by atoms with Gasteiger partial charge in [0.15, 0.2) is 0 Å². The highest BCUT2D eigenvalue weighted by atomic mass is 16.6. The van der Waals surface area contributed by atoms with Crippen LogP contribution >= 0.6 is 0 Å². The molecule has 6 nitrogen and oxygen atoms in total. The number of carbonyl (C=O) groups excluding carboxylic acids is 2. The van der Waals surface area contributed by atoms with Crippen LogP contribution in [0.2, 0.25) is 0 Å². The second-order valence-corrected chi connectivity index (χ2v) is 7.44. The van der Waals surface area contributed by atoms with Crippen molar-refractivity contribution in [1.29, 1.82) is 0 Å². The summed E-state index contributed by atoms with van der Waals surface area (Å²) in [4.78, 5) is 23.8. The molecule has 0 unspecified atom stereocenters.